The van der Waals surface area contributed by atoms with Gasteiger partial charge in [0.15, 0.2) is 5.76 Å². The van der Waals surface area contributed by atoms with Crippen molar-refractivity contribution in [2.75, 3.05) is 38.0 Å². The van der Waals surface area contributed by atoms with Gasteiger partial charge in [-0.15, -0.1) is 0 Å². The zero-order valence-electron chi connectivity index (χ0n) is 15.5. The van der Waals surface area contributed by atoms with Crippen molar-refractivity contribution < 1.29 is 14.0 Å². The summed E-state index contributed by atoms with van der Waals surface area (Å²) >= 11 is 0. The molecule has 138 valence electrons. The number of hydrogen-bond acceptors (Lipinski definition) is 4. The molecule has 1 aromatic carbocycles. The van der Waals surface area contributed by atoms with Crippen molar-refractivity contribution >= 4 is 17.5 Å². The van der Waals surface area contributed by atoms with Crippen molar-refractivity contribution in [1.29, 1.82) is 0 Å². The normalized spacial score (nSPS) is 15.1. The molecule has 6 nitrogen and oxygen atoms in total. The van der Waals surface area contributed by atoms with Crippen LogP contribution < -0.4 is 5.32 Å². The summed E-state index contributed by atoms with van der Waals surface area (Å²) in [7, 11) is 0. The first kappa shape index (κ1) is 18.2. The number of nitrogens with one attached hydrogen (secondary N) is 1. The summed E-state index contributed by atoms with van der Waals surface area (Å²) < 4.78 is 5.29. The van der Waals surface area contributed by atoms with Crippen molar-refractivity contribution in [3.8, 4) is 0 Å². The Bertz CT molecular complexity index is 804. The molecule has 1 aliphatic heterocycles. The molecular formula is C20H25N3O3. The maximum atomic E-state index is 12.5. The maximum absolute atomic E-state index is 12.5. The Morgan fingerprint density at radius 3 is 2.42 bits per heavy atom. The Hall–Kier alpha value is -2.60. The van der Waals surface area contributed by atoms with Crippen LogP contribution in [0.3, 0.4) is 0 Å². The van der Waals surface area contributed by atoms with Crippen LogP contribution in [0, 0.1) is 20.8 Å². The van der Waals surface area contributed by atoms with Crippen LogP contribution in [0.4, 0.5) is 5.69 Å². The van der Waals surface area contributed by atoms with Crippen LogP contribution in [0.25, 0.3) is 0 Å². The summed E-state index contributed by atoms with van der Waals surface area (Å²) in [6.45, 7) is 8.76. The van der Waals surface area contributed by atoms with Gasteiger partial charge in [0, 0.05) is 37.4 Å². The average Bonchev–Trinajstić information content (AvgIpc) is 3.05. The second kappa shape index (κ2) is 7.74. The van der Waals surface area contributed by atoms with E-state index in [2.05, 4.69) is 10.2 Å². The second-order valence-corrected chi connectivity index (χ2v) is 6.80. The highest BCUT2D eigenvalue weighted by atomic mass is 16.3. The van der Waals surface area contributed by atoms with Crippen LogP contribution in [0.5, 0.6) is 0 Å². The number of amides is 2. The first-order valence-electron chi connectivity index (χ1n) is 8.87. The van der Waals surface area contributed by atoms with Crippen LogP contribution in [0.2, 0.25) is 0 Å². The lowest BCUT2D eigenvalue weighted by molar-refractivity contribution is -0.117. The third-order valence-electron chi connectivity index (χ3n) is 4.96. The molecule has 2 heterocycles. The second-order valence-electron chi connectivity index (χ2n) is 6.80. The topological polar surface area (TPSA) is 65.8 Å². The van der Waals surface area contributed by atoms with Crippen molar-refractivity contribution in [2.24, 2.45) is 0 Å². The molecule has 1 N–H and O–H groups in total. The molecule has 1 saturated heterocycles. The van der Waals surface area contributed by atoms with E-state index in [1.165, 1.54) is 6.26 Å². The molecule has 2 amide bonds. The van der Waals surface area contributed by atoms with Gasteiger partial charge < -0.3 is 14.6 Å². The van der Waals surface area contributed by atoms with Gasteiger partial charge in [-0.3, -0.25) is 14.5 Å². The largest absolute Gasteiger partial charge is 0.459 e. The lowest BCUT2D eigenvalue weighted by Gasteiger charge is -2.34. The molecule has 0 spiro atoms. The number of nitrogens with zero attached hydrogens (tertiary/aromatic N) is 2. The molecule has 0 saturated carbocycles. The number of carbonyl (C=O) groups is 2. The minimum atomic E-state index is -0.0769. The summed E-state index contributed by atoms with van der Waals surface area (Å²) in [6.07, 6.45) is 1.54. The number of benzene rings is 1. The Morgan fingerprint density at radius 1 is 1.04 bits per heavy atom. The van der Waals surface area contributed by atoms with E-state index in [9.17, 15) is 9.59 Å². The van der Waals surface area contributed by atoms with Crippen LogP contribution >= 0.6 is 0 Å². The number of furan rings is 1. The monoisotopic (exact) mass is 355 g/mol. The van der Waals surface area contributed by atoms with E-state index in [1.54, 1.807) is 11.0 Å². The number of hydrogen-bond donors (Lipinski definition) is 1. The Kier molecular flexibility index (Phi) is 5.42. The minimum absolute atomic E-state index is 0.0274. The predicted octanol–water partition coefficient (Wildman–Crippen LogP) is 2.60. The molecule has 0 bridgehead atoms. The van der Waals surface area contributed by atoms with Crippen molar-refractivity contribution in [3.05, 3.63) is 53.0 Å². The van der Waals surface area contributed by atoms with Crippen molar-refractivity contribution in [2.45, 2.75) is 20.8 Å². The average molecular weight is 355 g/mol. The summed E-state index contributed by atoms with van der Waals surface area (Å²) in [6, 6.07) is 7.69. The minimum Gasteiger partial charge on any atom is -0.459 e. The Balaban J connectivity index is 1.51. The maximum Gasteiger partial charge on any atom is 0.289 e. The molecule has 1 aromatic heterocycles. The highest BCUT2D eigenvalue weighted by Crippen LogP contribution is 2.18. The van der Waals surface area contributed by atoms with Crippen LogP contribution in [0.15, 0.2) is 34.9 Å². The van der Waals surface area contributed by atoms with Gasteiger partial charge in [-0.25, -0.2) is 0 Å². The number of anilines is 1. The molecule has 0 aliphatic carbocycles. The predicted molar refractivity (Wildman–Crippen MR) is 100 cm³/mol. The number of piperazine rings is 1. The van der Waals surface area contributed by atoms with Gasteiger partial charge in [-0.05, 0) is 44.0 Å². The van der Waals surface area contributed by atoms with E-state index in [-0.39, 0.29) is 11.8 Å². The van der Waals surface area contributed by atoms with Crippen LogP contribution in [-0.2, 0) is 4.79 Å². The van der Waals surface area contributed by atoms with Crippen molar-refractivity contribution in [1.82, 2.24) is 9.80 Å². The highest BCUT2D eigenvalue weighted by molar-refractivity contribution is 5.94. The SMILES string of the molecule is Cc1ccoc1C(=O)N1CCN(CC(=O)Nc2cccc(C)c2C)CC1. The van der Waals surface area contributed by atoms with Gasteiger partial charge in [0.05, 0.1) is 12.8 Å². The Morgan fingerprint density at radius 2 is 1.77 bits per heavy atom. The van der Waals surface area contributed by atoms with E-state index in [4.69, 9.17) is 4.42 Å². The third-order valence-corrected chi connectivity index (χ3v) is 4.96. The van der Waals surface area contributed by atoms with E-state index in [0.29, 0.717) is 38.5 Å². The molecule has 0 unspecified atom stereocenters. The standard InChI is InChI=1S/C20H25N3O3/c1-14-5-4-6-17(16(14)3)21-18(24)13-22-8-10-23(11-9-22)20(25)19-15(2)7-12-26-19/h4-7,12H,8-11,13H2,1-3H3,(H,21,24). The fourth-order valence-electron chi connectivity index (χ4n) is 3.12. The summed E-state index contributed by atoms with van der Waals surface area (Å²) in [5.74, 6) is 0.304. The van der Waals surface area contributed by atoms with Crippen molar-refractivity contribution in [3.63, 3.8) is 0 Å². The van der Waals surface area contributed by atoms with Crippen LogP contribution in [0.1, 0.15) is 27.2 Å². The van der Waals surface area contributed by atoms with E-state index < -0.39 is 0 Å². The molecule has 0 radical (unpaired) electrons. The summed E-state index contributed by atoms with van der Waals surface area (Å²) in [5, 5.41) is 2.99. The van der Waals surface area contributed by atoms with Crippen LogP contribution in [-0.4, -0.2) is 54.3 Å². The van der Waals surface area contributed by atoms with E-state index in [1.807, 2.05) is 39.0 Å². The van der Waals surface area contributed by atoms with Gasteiger partial charge in [-0.2, -0.15) is 0 Å². The lowest BCUT2D eigenvalue weighted by Crippen LogP contribution is -2.50. The molecule has 26 heavy (non-hydrogen) atoms. The first-order chi connectivity index (χ1) is 12.5. The fraction of sp³-hybridized carbons (Fsp3) is 0.400. The van der Waals surface area contributed by atoms with E-state index >= 15 is 0 Å². The molecule has 0 atom stereocenters. The third kappa shape index (κ3) is 3.96. The van der Waals surface area contributed by atoms with Gasteiger partial charge in [0.25, 0.3) is 5.91 Å². The van der Waals surface area contributed by atoms with E-state index in [0.717, 1.165) is 22.4 Å². The fourth-order valence-corrected chi connectivity index (χ4v) is 3.12. The summed E-state index contributed by atoms with van der Waals surface area (Å²) in [5.41, 5.74) is 3.95. The molecular weight excluding hydrogens is 330 g/mol. The van der Waals surface area contributed by atoms with Gasteiger partial charge >= 0.3 is 0 Å². The van der Waals surface area contributed by atoms with Gasteiger partial charge in [0.2, 0.25) is 5.91 Å². The Labute approximate surface area is 153 Å². The smallest absolute Gasteiger partial charge is 0.289 e. The van der Waals surface area contributed by atoms with Gasteiger partial charge in [-0.1, -0.05) is 12.1 Å². The summed E-state index contributed by atoms with van der Waals surface area (Å²) in [4.78, 5) is 28.6. The lowest BCUT2D eigenvalue weighted by atomic mass is 10.1. The molecule has 1 fully saturated rings. The zero-order chi connectivity index (χ0) is 18.7. The molecule has 1 aliphatic rings. The first-order valence-corrected chi connectivity index (χ1v) is 8.87. The van der Waals surface area contributed by atoms with Gasteiger partial charge in [0.1, 0.15) is 0 Å². The molecule has 3 rings (SSSR count). The highest BCUT2D eigenvalue weighted by Gasteiger charge is 2.25. The number of carbonyl (C=O) groups excluding carboxylic acids is 2. The molecule has 2 aromatic rings. The quantitative estimate of drug-likeness (QED) is 0.916. The molecule has 6 heteroatoms. The number of aryl methyl sites for hydroxylation is 2. The number of rotatable bonds is 4. The zero-order valence-corrected chi connectivity index (χ0v) is 15.5.